The summed E-state index contributed by atoms with van der Waals surface area (Å²) in [5.41, 5.74) is 2.03. The number of hydrogen-bond donors (Lipinski definition) is 0. The van der Waals surface area contributed by atoms with E-state index < -0.39 is 0 Å². The highest BCUT2D eigenvalue weighted by molar-refractivity contribution is 6.30. The normalized spacial score (nSPS) is 11.4. The summed E-state index contributed by atoms with van der Waals surface area (Å²) in [5.74, 6) is 0. The first kappa shape index (κ1) is 11.1. The van der Waals surface area contributed by atoms with Gasteiger partial charge in [-0.05, 0) is 41.8 Å². The molecule has 3 rings (SSSR count). The van der Waals surface area contributed by atoms with Gasteiger partial charge in [-0.15, -0.1) is 0 Å². The van der Waals surface area contributed by atoms with E-state index in [-0.39, 0.29) is 0 Å². The quantitative estimate of drug-likeness (QED) is 0.473. The molecule has 18 heavy (non-hydrogen) atoms. The second-order valence-corrected chi connectivity index (χ2v) is 4.44. The topological polar surface area (TPSA) is 17.3 Å². The van der Waals surface area contributed by atoms with E-state index in [0.717, 1.165) is 16.2 Å². The van der Waals surface area contributed by atoms with Crippen molar-refractivity contribution in [2.24, 2.45) is 4.99 Å². The molecule has 0 fully saturated rings. The molecule has 0 amide bonds. The Morgan fingerprint density at radius 3 is 2.56 bits per heavy atom. The van der Waals surface area contributed by atoms with Crippen molar-refractivity contribution in [3.8, 4) is 0 Å². The van der Waals surface area contributed by atoms with Crippen molar-refractivity contribution in [2.45, 2.75) is 0 Å². The molecule has 0 saturated heterocycles. The Morgan fingerprint density at radius 1 is 0.944 bits per heavy atom. The maximum atomic E-state index is 5.83. The summed E-state index contributed by atoms with van der Waals surface area (Å²) >= 11 is 5.83. The van der Waals surface area contributed by atoms with Crippen molar-refractivity contribution >= 4 is 34.5 Å². The molecule has 2 nitrogen and oxygen atoms in total. The Morgan fingerprint density at radius 2 is 1.72 bits per heavy atom. The lowest BCUT2D eigenvalue weighted by Crippen LogP contribution is -1.91. The summed E-state index contributed by atoms with van der Waals surface area (Å²) in [5, 5.41) is 1.93. The highest BCUT2D eigenvalue weighted by Gasteiger charge is 1.96. The second kappa shape index (κ2) is 4.67. The number of fused-ring (bicyclic) bond motifs is 1. The van der Waals surface area contributed by atoms with Gasteiger partial charge in [0.1, 0.15) is 0 Å². The Balaban J connectivity index is 1.94. The molecular formula is C15H11ClN2. The molecule has 0 spiro atoms. The van der Waals surface area contributed by atoms with Crippen molar-refractivity contribution in [1.82, 2.24) is 4.57 Å². The van der Waals surface area contributed by atoms with Crippen LogP contribution in [0.5, 0.6) is 0 Å². The number of hydrogen-bond acceptors (Lipinski definition) is 1. The van der Waals surface area contributed by atoms with Crippen molar-refractivity contribution < 1.29 is 0 Å². The summed E-state index contributed by atoms with van der Waals surface area (Å²) in [6.07, 6.45) is 3.82. The number of nitrogens with zero attached hydrogens (tertiary/aromatic N) is 2. The second-order valence-electron chi connectivity index (χ2n) is 4.00. The van der Waals surface area contributed by atoms with Gasteiger partial charge in [0.15, 0.2) is 0 Å². The van der Waals surface area contributed by atoms with Crippen LogP contribution in [0.1, 0.15) is 0 Å². The molecule has 3 heteroatoms. The highest BCUT2D eigenvalue weighted by atomic mass is 35.5. The van der Waals surface area contributed by atoms with Gasteiger partial charge in [-0.2, -0.15) is 0 Å². The molecule has 0 radical (unpaired) electrons. The maximum Gasteiger partial charge on any atom is 0.0998 e. The lowest BCUT2D eigenvalue weighted by atomic mass is 10.2. The average Bonchev–Trinajstić information content (AvgIpc) is 2.82. The van der Waals surface area contributed by atoms with Gasteiger partial charge in [-0.1, -0.05) is 29.8 Å². The first-order valence-corrected chi connectivity index (χ1v) is 6.06. The van der Waals surface area contributed by atoms with E-state index in [1.165, 1.54) is 5.39 Å². The Bertz CT molecular complexity index is 696. The highest BCUT2D eigenvalue weighted by Crippen LogP contribution is 2.17. The van der Waals surface area contributed by atoms with Gasteiger partial charge < -0.3 is 4.57 Å². The number of para-hydroxylation sites is 1. The van der Waals surface area contributed by atoms with Crippen molar-refractivity contribution in [3.05, 3.63) is 65.8 Å². The van der Waals surface area contributed by atoms with Crippen molar-refractivity contribution in [2.75, 3.05) is 0 Å². The summed E-state index contributed by atoms with van der Waals surface area (Å²) < 4.78 is 2.00. The van der Waals surface area contributed by atoms with Crippen LogP contribution in [0.25, 0.3) is 10.9 Å². The predicted molar refractivity (Wildman–Crippen MR) is 76.9 cm³/mol. The van der Waals surface area contributed by atoms with E-state index in [2.05, 4.69) is 23.2 Å². The third-order valence-corrected chi connectivity index (χ3v) is 3.04. The Kier molecular flexibility index (Phi) is 2.87. The van der Waals surface area contributed by atoms with Crippen LogP contribution in [0.2, 0.25) is 5.02 Å². The molecule has 0 unspecified atom stereocenters. The Hall–Kier alpha value is -2.06. The summed E-state index contributed by atoms with van der Waals surface area (Å²) in [4.78, 5) is 4.42. The number of halogens is 1. The summed E-state index contributed by atoms with van der Waals surface area (Å²) in [6.45, 7) is 0. The standard InChI is InChI=1S/C15H11ClN2/c16-13-5-7-14(8-6-13)17-11-18-10-9-12-3-1-2-4-15(12)18/h1-11H. The van der Waals surface area contributed by atoms with Gasteiger partial charge in [0, 0.05) is 11.2 Å². The molecule has 0 saturated carbocycles. The van der Waals surface area contributed by atoms with E-state index in [9.17, 15) is 0 Å². The third kappa shape index (κ3) is 2.15. The lowest BCUT2D eigenvalue weighted by Gasteiger charge is -1.97. The number of benzene rings is 2. The van der Waals surface area contributed by atoms with Crippen LogP contribution in [0.15, 0.2) is 65.8 Å². The van der Waals surface area contributed by atoms with Gasteiger partial charge in [0.2, 0.25) is 0 Å². The molecule has 2 aromatic carbocycles. The van der Waals surface area contributed by atoms with Crippen LogP contribution in [0, 0.1) is 0 Å². The van der Waals surface area contributed by atoms with Crippen LogP contribution in [0.3, 0.4) is 0 Å². The zero-order chi connectivity index (χ0) is 12.4. The van der Waals surface area contributed by atoms with Gasteiger partial charge in [-0.3, -0.25) is 0 Å². The van der Waals surface area contributed by atoms with Gasteiger partial charge >= 0.3 is 0 Å². The minimum Gasteiger partial charge on any atom is -0.307 e. The van der Waals surface area contributed by atoms with E-state index in [4.69, 9.17) is 11.6 Å². The monoisotopic (exact) mass is 254 g/mol. The molecule has 0 bridgehead atoms. The zero-order valence-electron chi connectivity index (χ0n) is 9.62. The fourth-order valence-electron chi connectivity index (χ4n) is 1.86. The fourth-order valence-corrected chi connectivity index (χ4v) is 1.99. The van der Waals surface area contributed by atoms with Crippen molar-refractivity contribution in [1.29, 1.82) is 0 Å². The predicted octanol–water partition coefficient (Wildman–Crippen LogP) is 4.50. The minimum atomic E-state index is 0.723. The molecular weight excluding hydrogens is 244 g/mol. The van der Waals surface area contributed by atoms with E-state index in [1.807, 2.05) is 53.5 Å². The molecule has 88 valence electrons. The van der Waals surface area contributed by atoms with E-state index >= 15 is 0 Å². The molecule has 0 N–H and O–H groups in total. The van der Waals surface area contributed by atoms with Crippen LogP contribution in [0.4, 0.5) is 5.69 Å². The van der Waals surface area contributed by atoms with E-state index in [1.54, 1.807) is 0 Å². The van der Waals surface area contributed by atoms with Crippen LogP contribution < -0.4 is 0 Å². The Labute approximate surface area is 110 Å². The molecule has 3 aromatic rings. The molecule has 1 aromatic heterocycles. The first-order valence-electron chi connectivity index (χ1n) is 5.68. The summed E-state index contributed by atoms with van der Waals surface area (Å²) in [6, 6.07) is 17.7. The zero-order valence-corrected chi connectivity index (χ0v) is 10.4. The minimum absolute atomic E-state index is 0.723. The lowest BCUT2D eigenvalue weighted by molar-refractivity contribution is 1.25. The van der Waals surface area contributed by atoms with Gasteiger partial charge in [0.25, 0.3) is 0 Å². The SMILES string of the molecule is Clc1ccc(N=Cn2ccc3ccccc32)cc1. The van der Waals surface area contributed by atoms with Gasteiger partial charge in [-0.25, -0.2) is 4.99 Å². The smallest absolute Gasteiger partial charge is 0.0998 e. The molecule has 1 heterocycles. The van der Waals surface area contributed by atoms with E-state index in [0.29, 0.717) is 0 Å². The van der Waals surface area contributed by atoms with Gasteiger partial charge in [0.05, 0.1) is 17.5 Å². The number of aliphatic imine (C=N–C) groups is 1. The molecule has 0 aliphatic carbocycles. The van der Waals surface area contributed by atoms with Crippen LogP contribution in [-0.4, -0.2) is 10.9 Å². The fraction of sp³-hybridized carbons (Fsp3) is 0. The van der Waals surface area contributed by atoms with Crippen molar-refractivity contribution in [3.63, 3.8) is 0 Å². The average molecular weight is 255 g/mol. The summed E-state index contributed by atoms with van der Waals surface area (Å²) in [7, 11) is 0. The molecule has 0 aliphatic heterocycles. The number of rotatable bonds is 2. The van der Waals surface area contributed by atoms with Crippen LogP contribution in [-0.2, 0) is 0 Å². The third-order valence-electron chi connectivity index (χ3n) is 2.79. The van der Waals surface area contributed by atoms with Crippen LogP contribution >= 0.6 is 11.6 Å². The number of aromatic nitrogens is 1. The maximum absolute atomic E-state index is 5.83. The molecule has 0 atom stereocenters. The largest absolute Gasteiger partial charge is 0.307 e. The molecule has 0 aliphatic rings. The first-order chi connectivity index (χ1) is 8.83.